The number of likely N-dealkylation sites (tertiary alicyclic amines) is 1. The molecule has 2 amide bonds. The average molecular weight is 338 g/mol. The van der Waals surface area contributed by atoms with Crippen LogP contribution in [-0.4, -0.2) is 30.9 Å². The molecule has 0 bridgehead atoms. The summed E-state index contributed by atoms with van der Waals surface area (Å²) in [6, 6.07) is 16.7. The van der Waals surface area contributed by atoms with Crippen LogP contribution >= 0.6 is 0 Å². The topological polar surface area (TPSA) is 58.6 Å². The van der Waals surface area contributed by atoms with Crippen molar-refractivity contribution in [3.05, 3.63) is 60.2 Å². The molecule has 0 aromatic heterocycles. The van der Waals surface area contributed by atoms with Crippen LogP contribution in [0.15, 0.2) is 54.6 Å². The number of carbonyl (C=O) groups excluding carboxylic acids is 2. The lowest BCUT2D eigenvalue weighted by molar-refractivity contribution is -0.140. The summed E-state index contributed by atoms with van der Waals surface area (Å²) in [5.74, 6) is 0.380. The third-order valence-corrected chi connectivity index (χ3v) is 4.68. The molecule has 0 unspecified atom stereocenters. The maximum Gasteiger partial charge on any atom is 0.229 e. The number of piperidine rings is 1. The van der Waals surface area contributed by atoms with Crippen LogP contribution in [0.3, 0.4) is 0 Å². The standard InChI is InChI=1S/C20H22N2O3/c1-22-18(23)12-11-17(19(22)14-7-4-3-5-8-14)20(24)21-15-9-6-10-16(13-15)25-2/h3-10,13,17,19H,11-12H2,1-2H3,(H,21,24)/t17-,19+/m1/s1. The van der Waals surface area contributed by atoms with Gasteiger partial charge >= 0.3 is 0 Å². The van der Waals surface area contributed by atoms with Gasteiger partial charge in [-0.3, -0.25) is 9.59 Å². The van der Waals surface area contributed by atoms with Gasteiger partial charge in [-0.05, 0) is 24.1 Å². The minimum atomic E-state index is -0.295. The van der Waals surface area contributed by atoms with Gasteiger partial charge in [0.2, 0.25) is 11.8 Å². The van der Waals surface area contributed by atoms with Gasteiger partial charge < -0.3 is 15.0 Å². The predicted octanol–water partition coefficient (Wildman–Crippen LogP) is 3.24. The van der Waals surface area contributed by atoms with Crippen molar-refractivity contribution in [1.29, 1.82) is 0 Å². The number of nitrogens with one attached hydrogen (secondary N) is 1. The summed E-state index contributed by atoms with van der Waals surface area (Å²) in [4.78, 5) is 26.8. The predicted molar refractivity (Wildman–Crippen MR) is 96.3 cm³/mol. The van der Waals surface area contributed by atoms with Crippen LogP contribution in [0.4, 0.5) is 5.69 Å². The molecule has 0 aliphatic carbocycles. The second kappa shape index (κ2) is 7.38. The highest BCUT2D eigenvalue weighted by atomic mass is 16.5. The van der Waals surface area contributed by atoms with E-state index in [4.69, 9.17) is 4.74 Å². The minimum Gasteiger partial charge on any atom is -0.497 e. The molecule has 5 heteroatoms. The zero-order chi connectivity index (χ0) is 17.8. The molecule has 1 fully saturated rings. The Bertz CT molecular complexity index is 761. The number of benzene rings is 2. The summed E-state index contributed by atoms with van der Waals surface area (Å²) in [6.45, 7) is 0. The number of carbonyl (C=O) groups is 2. The van der Waals surface area contributed by atoms with Gasteiger partial charge in [-0.2, -0.15) is 0 Å². The first kappa shape index (κ1) is 17.0. The molecule has 25 heavy (non-hydrogen) atoms. The van der Waals surface area contributed by atoms with E-state index < -0.39 is 0 Å². The highest BCUT2D eigenvalue weighted by Crippen LogP contribution is 2.36. The van der Waals surface area contributed by atoms with Gasteiger partial charge in [0.1, 0.15) is 5.75 Å². The Kier molecular flexibility index (Phi) is 5.03. The van der Waals surface area contributed by atoms with Crippen LogP contribution in [0.5, 0.6) is 5.75 Å². The number of methoxy groups -OCH3 is 1. The number of hydrogen-bond donors (Lipinski definition) is 1. The fourth-order valence-electron chi connectivity index (χ4n) is 3.35. The Labute approximate surface area is 147 Å². The van der Waals surface area contributed by atoms with Gasteiger partial charge in [0.15, 0.2) is 0 Å². The Morgan fingerprint density at radius 3 is 2.64 bits per heavy atom. The Hall–Kier alpha value is -2.82. The molecule has 0 spiro atoms. The van der Waals surface area contributed by atoms with E-state index >= 15 is 0 Å². The SMILES string of the molecule is COc1cccc(NC(=O)[C@@H]2CCC(=O)N(C)[C@H]2c2ccccc2)c1. The van der Waals surface area contributed by atoms with Gasteiger partial charge in [0.05, 0.1) is 19.1 Å². The fourth-order valence-corrected chi connectivity index (χ4v) is 3.35. The molecule has 1 heterocycles. The van der Waals surface area contributed by atoms with Crippen LogP contribution in [0.1, 0.15) is 24.4 Å². The van der Waals surface area contributed by atoms with Crippen LogP contribution in [0.2, 0.25) is 0 Å². The molecule has 3 rings (SSSR count). The summed E-state index contributed by atoms with van der Waals surface area (Å²) < 4.78 is 5.20. The van der Waals surface area contributed by atoms with Gasteiger partial charge in [0, 0.05) is 25.2 Å². The summed E-state index contributed by atoms with van der Waals surface area (Å²) in [7, 11) is 3.36. The van der Waals surface area contributed by atoms with E-state index in [-0.39, 0.29) is 23.8 Å². The number of rotatable bonds is 4. The van der Waals surface area contributed by atoms with Crippen molar-refractivity contribution >= 4 is 17.5 Å². The molecule has 5 nitrogen and oxygen atoms in total. The smallest absolute Gasteiger partial charge is 0.229 e. The lowest BCUT2D eigenvalue weighted by atomic mass is 9.84. The van der Waals surface area contributed by atoms with Gasteiger partial charge in [-0.15, -0.1) is 0 Å². The van der Waals surface area contributed by atoms with Crippen molar-refractivity contribution in [2.24, 2.45) is 5.92 Å². The minimum absolute atomic E-state index is 0.0688. The Morgan fingerprint density at radius 1 is 1.16 bits per heavy atom. The summed E-state index contributed by atoms with van der Waals surface area (Å²) in [5.41, 5.74) is 1.67. The van der Waals surface area contributed by atoms with E-state index in [9.17, 15) is 9.59 Å². The molecule has 1 saturated heterocycles. The molecular weight excluding hydrogens is 316 g/mol. The van der Waals surface area contributed by atoms with E-state index in [1.54, 1.807) is 25.1 Å². The van der Waals surface area contributed by atoms with E-state index in [2.05, 4.69) is 5.32 Å². The molecule has 2 atom stereocenters. The normalized spacial score (nSPS) is 20.2. The van der Waals surface area contributed by atoms with Crippen molar-refractivity contribution in [3.63, 3.8) is 0 Å². The van der Waals surface area contributed by atoms with Gasteiger partial charge in [-0.1, -0.05) is 36.4 Å². The van der Waals surface area contributed by atoms with Crippen LogP contribution < -0.4 is 10.1 Å². The lowest BCUT2D eigenvalue weighted by Crippen LogP contribution is -2.44. The van der Waals surface area contributed by atoms with Crippen molar-refractivity contribution < 1.29 is 14.3 Å². The Balaban J connectivity index is 1.84. The van der Waals surface area contributed by atoms with E-state index in [0.717, 1.165) is 5.56 Å². The zero-order valence-electron chi connectivity index (χ0n) is 14.4. The molecule has 2 aromatic rings. The van der Waals surface area contributed by atoms with Crippen molar-refractivity contribution in [2.45, 2.75) is 18.9 Å². The average Bonchev–Trinajstić information content (AvgIpc) is 2.64. The molecular formula is C20H22N2O3. The van der Waals surface area contributed by atoms with Crippen LogP contribution in [-0.2, 0) is 9.59 Å². The van der Waals surface area contributed by atoms with E-state index in [0.29, 0.717) is 24.3 Å². The van der Waals surface area contributed by atoms with Crippen molar-refractivity contribution in [3.8, 4) is 5.75 Å². The third kappa shape index (κ3) is 3.65. The highest BCUT2D eigenvalue weighted by molar-refractivity contribution is 5.94. The first-order valence-corrected chi connectivity index (χ1v) is 8.35. The summed E-state index contributed by atoms with van der Waals surface area (Å²) >= 11 is 0. The van der Waals surface area contributed by atoms with Gasteiger partial charge in [0.25, 0.3) is 0 Å². The summed E-state index contributed by atoms with van der Waals surface area (Å²) in [6.07, 6.45) is 0.925. The van der Waals surface area contributed by atoms with Crippen molar-refractivity contribution in [1.82, 2.24) is 4.90 Å². The monoisotopic (exact) mass is 338 g/mol. The van der Waals surface area contributed by atoms with Crippen molar-refractivity contribution in [2.75, 3.05) is 19.5 Å². The van der Waals surface area contributed by atoms with Crippen LogP contribution in [0, 0.1) is 5.92 Å². The third-order valence-electron chi connectivity index (χ3n) is 4.68. The first-order chi connectivity index (χ1) is 12.1. The molecule has 1 aliphatic heterocycles. The maximum absolute atomic E-state index is 12.9. The number of hydrogen-bond acceptors (Lipinski definition) is 3. The first-order valence-electron chi connectivity index (χ1n) is 8.35. The largest absolute Gasteiger partial charge is 0.497 e. The second-order valence-electron chi connectivity index (χ2n) is 6.23. The molecule has 130 valence electrons. The molecule has 0 saturated carbocycles. The fraction of sp³-hybridized carbons (Fsp3) is 0.300. The highest BCUT2D eigenvalue weighted by Gasteiger charge is 2.38. The van der Waals surface area contributed by atoms with Crippen LogP contribution in [0.25, 0.3) is 0 Å². The Morgan fingerprint density at radius 2 is 1.92 bits per heavy atom. The number of nitrogens with zero attached hydrogens (tertiary/aromatic N) is 1. The number of amides is 2. The quantitative estimate of drug-likeness (QED) is 0.931. The lowest BCUT2D eigenvalue weighted by Gasteiger charge is -2.38. The molecule has 1 aliphatic rings. The molecule has 1 N–H and O–H groups in total. The number of ether oxygens (including phenoxy) is 1. The second-order valence-corrected chi connectivity index (χ2v) is 6.23. The van der Waals surface area contributed by atoms with Gasteiger partial charge in [-0.25, -0.2) is 0 Å². The number of anilines is 1. The molecule has 0 radical (unpaired) electrons. The van der Waals surface area contributed by atoms with E-state index in [1.807, 2.05) is 48.5 Å². The van der Waals surface area contributed by atoms with E-state index in [1.165, 1.54) is 0 Å². The maximum atomic E-state index is 12.9. The zero-order valence-corrected chi connectivity index (χ0v) is 14.4. The molecule has 2 aromatic carbocycles. The summed E-state index contributed by atoms with van der Waals surface area (Å²) in [5, 5.41) is 2.96.